The largest absolute Gasteiger partial charge is 0.497 e. The number of hydrogen-bond acceptors (Lipinski definition) is 3. The summed E-state index contributed by atoms with van der Waals surface area (Å²) in [7, 11) is 1.70. The molecule has 3 heteroatoms. The zero-order valence-electron chi connectivity index (χ0n) is 12.5. The Labute approximate surface area is 126 Å². The summed E-state index contributed by atoms with van der Waals surface area (Å²) in [6.07, 6.45) is 2.06. The molecule has 1 atom stereocenters. The number of nitrogens with zero attached hydrogens (tertiary/aromatic N) is 1. The first-order valence-electron chi connectivity index (χ1n) is 7.50. The van der Waals surface area contributed by atoms with Crippen molar-refractivity contribution in [3.8, 4) is 5.75 Å². The van der Waals surface area contributed by atoms with E-state index >= 15 is 0 Å². The summed E-state index contributed by atoms with van der Waals surface area (Å²) in [6, 6.07) is 17.0. The van der Waals surface area contributed by atoms with Gasteiger partial charge in [-0.25, -0.2) is 0 Å². The van der Waals surface area contributed by atoms with Crippen molar-refractivity contribution < 1.29 is 4.74 Å². The van der Waals surface area contributed by atoms with Gasteiger partial charge in [-0.15, -0.1) is 0 Å². The summed E-state index contributed by atoms with van der Waals surface area (Å²) < 4.78 is 5.20. The highest BCUT2D eigenvalue weighted by molar-refractivity contribution is 5.57. The molecule has 110 valence electrons. The third-order valence-electron chi connectivity index (χ3n) is 4.22. The summed E-state index contributed by atoms with van der Waals surface area (Å²) in [5, 5.41) is 0. The van der Waals surface area contributed by atoms with Crippen LogP contribution < -0.4 is 15.4 Å². The molecule has 1 aliphatic heterocycles. The molecule has 0 fully saturated rings. The number of methoxy groups -OCH3 is 1. The van der Waals surface area contributed by atoms with E-state index in [1.165, 1.54) is 16.8 Å². The Kier molecular flexibility index (Phi) is 4.11. The Morgan fingerprint density at radius 1 is 1.14 bits per heavy atom. The molecular weight excluding hydrogens is 260 g/mol. The smallest absolute Gasteiger partial charge is 0.118 e. The van der Waals surface area contributed by atoms with Crippen molar-refractivity contribution in [2.75, 3.05) is 25.1 Å². The minimum Gasteiger partial charge on any atom is -0.497 e. The Hall–Kier alpha value is -2.00. The molecule has 1 unspecified atom stereocenters. The first kappa shape index (κ1) is 14.0. The molecule has 0 amide bonds. The number of rotatable bonds is 4. The maximum absolute atomic E-state index is 6.21. The van der Waals surface area contributed by atoms with Gasteiger partial charge in [0.05, 0.1) is 7.11 Å². The number of ether oxygens (including phenoxy) is 1. The lowest BCUT2D eigenvalue weighted by atomic mass is 9.97. The summed E-state index contributed by atoms with van der Waals surface area (Å²) in [4.78, 5) is 2.45. The van der Waals surface area contributed by atoms with Crippen molar-refractivity contribution in [2.45, 2.75) is 18.9 Å². The number of fused-ring (bicyclic) bond motifs is 1. The molecule has 1 aliphatic rings. The highest BCUT2D eigenvalue weighted by atomic mass is 16.5. The molecule has 3 nitrogen and oxygen atoms in total. The van der Waals surface area contributed by atoms with E-state index in [0.717, 1.165) is 31.7 Å². The molecule has 0 saturated carbocycles. The number of benzene rings is 2. The topological polar surface area (TPSA) is 38.5 Å². The molecule has 0 bridgehead atoms. The van der Waals surface area contributed by atoms with Gasteiger partial charge >= 0.3 is 0 Å². The van der Waals surface area contributed by atoms with Crippen molar-refractivity contribution >= 4 is 5.69 Å². The van der Waals surface area contributed by atoms with Crippen LogP contribution >= 0.6 is 0 Å². The van der Waals surface area contributed by atoms with Crippen LogP contribution in [0.15, 0.2) is 48.5 Å². The second kappa shape index (κ2) is 6.19. The summed E-state index contributed by atoms with van der Waals surface area (Å²) >= 11 is 0. The van der Waals surface area contributed by atoms with Crippen molar-refractivity contribution in [2.24, 2.45) is 5.73 Å². The zero-order valence-corrected chi connectivity index (χ0v) is 12.5. The minimum absolute atomic E-state index is 0.179. The molecule has 2 aromatic carbocycles. The molecule has 2 N–H and O–H groups in total. The van der Waals surface area contributed by atoms with Gasteiger partial charge in [-0.05, 0) is 42.2 Å². The molecule has 0 radical (unpaired) electrons. The third-order valence-corrected chi connectivity index (χ3v) is 4.22. The lowest BCUT2D eigenvalue weighted by molar-refractivity contribution is 0.414. The summed E-state index contributed by atoms with van der Waals surface area (Å²) in [5.74, 6) is 0.910. The van der Waals surface area contributed by atoms with Crippen LogP contribution in [0.5, 0.6) is 5.75 Å². The highest BCUT2D eigenvalue weighted by Gasteiger charge is 2.21. The minimum atomic E-state index is 0.179. The Morgan fingerprint density at radius 2 is 1.90 bits per heavy atom. The fraction of sp³-hybridized carbons (Fsp3) is 0.333. The number of hydrogen-bond donors (Lipinski definition) is 1. The highest BCUT2D eigenvalue weighted by Crippen LogP contribution is 2.32. The summed E-state index contributed by atoms with van der Waals surface area (Å²) in [6.45, 7) is 2.06. The van der Waals surface area contributed by atoms with Gasteiger partial charge < -0.3 is 15.4 Å². The standard InChI is InChI=1S/C18H22N2O/c1-21-15-8-6-14(7-9-15)10-12-20-13-11-17(19)16-4-2-3-5-18(16)20/h2-9,17H,10-13,19H2,1H3. The van der Waals surface area contributed by atoms with Crippen LogP contribution in [0.4, 0.5) is 5.69 Å². The predicted molar refractivity (Wildman–Crippen MR) is 86.9 cm³/mol. The number of nitrogens with two attached hydrogens (primary N) is 1. The van der Waals surface area contributed by atoms with Gasteiger partial charge in [0.15, 0.2) is 0 Å². The van der Waals surface area contributed by atoms with E-state index in [1.54, 1.807) is 7.11 Å². The van der Waals surface area contributed by atoms with Gasteiger partial charge in [-0.2, -0.15) is 0 Å². The molecule has 0 aliphatic carbocycles. The van der Waals surface area contributed by atoms with Crippen LogP contribution in [-0.2, 0) is 6.42 Å². The molecule has 1 heterocycles. The SMILES string of the molecule is COc1ccc(CCN2CCC(N)c3ccccc32)cc1. The first-order chi connectivity index (χ1) is 10.3. The normalized spacial score (nSPS) is 17.4. The van der Waals surface area contributed by atoms with Gasteiger partial charge in [-0.1, -0.05) is 30.3 Å². The maximum atomic E-state index is 6.21. The lowest BCUT2D eigenvalue weighted by Crippen LogP contribution is -2.35. The van der Waals surface area contributed by atoms with Crippen molar-refractivity contribution in [1.82, 2.24) is 0 Å². The van der Waals surface area contributed by atoms with Crippen LogP contribution in [0.1, 0.15) is 23.6 Å². The number of para-hydroxylation sites is 1. The summed E-state index contributed by atoms with van der Waals surface area (Å²) in [5.41, 5.74) is 10.1. The van der Waals surface area contributed by atoms with Crippen LogP contribution in [0.3, 0.4) is 0 Å². The Bertz CT molecular complexity index is 594. The van der Waals surface area contributed by atoms with Crippen LogP contribution in [-0.4, -0.2) is 20.2 Å². The van der Waals surface area contributed by atoms with Gasteiger partial charge in [0, 0.05) is 24.8 Å². The van der Waals surface area contributed by atoms with Gasteiger partial charge in [0.25, 0.3) is 0 Å². The van der Waals surface area contributed by atoms with E-state index in [1.807, 2.05) is 12.1 Å². The number of anilines is 1. The average molecular weight is 282 g/mol. The lowest BCUT2D eigenvalue weighted by Gasteiger charge is -2.34. The Balaban J connectivity index is 1.69. The molecule has 2 aromatic rings. The molecule has 21 heavy (non-hydrogen) atoms. The van der Waals surface area contributed by atoms with Crippen molar-refractivity contribution in [3.05, 3.63) is 59.7 Å². The molecule has 0 spiro atoms. The van der Waals surface area contributed by atoms with Crippen LogP contribution in [0.2, 0.25) is 0 Å². The predicted octanol–water partition coefficient (Wildman–Crippen LogP) is 3.15. The molecule has 0 aromatic heterocycles. The van der Waals surface area contributed by atoms with Crippen molar-refractivity contribution in [1.29, 1.82) is 0 Å². The Morgan fingerprint density at radius 3 is 2.67 bits per heavy atom. The average Bonchev–Trinajstić information content (AvgIpc) is 2.55. The molecular formula is C18H22N2O. The molecule has 0 saturated heterocycles. The second-order valence-corrected chi connectivity index (χ2v) is 5.54. The zero-order chi connectivity index (χ0) is 14.7. The molecule has 3 rings (SSSR count). The van der Waals surface area contributed by atoms with Gasteiger partial charge in [0.1, 0.15) is 5.75 Å². The van der Waals surface area contributed by atoms with Gasteiger partial charge in [0.2, 0.25) is 0 Å². The van der Waals surface area contributed by atoms with Crippen LogP contribution in [0, 0.1) is 0 Å². The van der Waals surface area contributed by atoms with E-state index in [4.69, 9.17) is 10.5 Å². The van der Waals surface area contributed by atoms with E-state index in [9.17, 15) is 0 Å². The second-order valence-electron chi connectivity index (χ2n) is 5.54. The van der Waals surface area contributed by atoms with E-state index in [-0.39, 0.29) is 6.04 Å². The van der Waals surface area contributed by atoms with Crippen LogP contribution in [0.25, 0.3) is 0 Å². The van der Waals surface area contributed by atoms with Crippen molar-refractivity contribution in [3.63, 3.8) is 0 Å². The maximum Gasteiger partial charge on any atom is 0.118 e. The van der Waals surface area contributed by atoms with E-state index in [2.05, 4.69) is 41.3 Å². The first-order valence-corrected chi connectivity index (χ1v) is 7.50. The quantitative estimate of drug-likeness (QED) is 0.936. The van der Waals surface area contributed by atoms with E-state index < -0.39 is 0 Å². The monoisotopic (exact) mass is 282 g/mol. The fourth-order valence-corrected chi connectivity index (χ4v) is 2.95. The fourth-order valence-electron chi connectivity index (χ4n) is 2.95. The van der Waals surface area contributed by atoms with E-state index in [0.29, 0.717) is 0 Å². The third kappa shape index (κ3) is 3.03. The van der Waals surface area contributed by atoms with Gasteiger partial charge in [-0.3, -0.25) is 0 Å².